The summed E-state index contributed by atoms with van der Waals surface area (Å²) in [5, 5.41) is 9.25. The van der Waals surface area contributed by atoms with Crippen LogP contribution in [0.1, 0.15) is 21.9 Å². The number of aryl methyl sites for hydroxylation is 1. The van der Waals surface area contributed by atoms with E-state index in [1.807, 2.05) is 30.3 Å². The van der Waals surface area contributed by atoms with Gasteiger partial charge >= 0.3 is 5.97 Å². The molecule has 0 bridgehead atoms. The molecule has 1 N–H and O–H groups in total. The predicted molar refractivity (Wildman–Crippen MR) is 87.5 cm³/mol. The largest absolute Gasteiger partial charge is 0.489 e. The average molecular weight is 345 g/mol. The summed E-state index contributed by atoms with van der Waals surface area (Å²) < 4.78 is 16.4. The highest BCUT2D eigenvalue weighted by Crippen LogP contribution is 2.21. The first-order valence-corrected chi connectivity index (χ1v) is 7.95. The molecule has 0 unspecified atom stereocenters. The monoisotopic (exact) mass is 345 g/mol. The Kier molecular flexibility index (Phi) is 5.04. The second kappa shape index (κ2) is 7.40. The van der Waals surface area contributed by atoms with Crippen LogP contribution >= 0.6 is 0 Å². The van der Waals surface area contributed by atoms with Crippen LogP contribution in [0.15, 0.2) is 40.8 Å². The molecular formula is C18H19NO6. The number of ether oxygens (including phenoxy) is 2. The van der Waals surface area contributed by atoms with Gasteiger partial charge < -0.3 is 23.9 Å². The van der Waals surface area contributed by atoms with E-state index >= 15 is 0 Å². The number of carbonyl (C=O) groups is 2. The van der Waals surface area contributed by atoms with Crippen LogP contribution in [0.4, 0.5) is 0 Å². The van der Waals surface area contributed by atoms with Crippen molar-refractivity contribution >= 4 is 11.9 Å². The van der Waals surface area contributed by atoms with E-state index in [0.29, 0.717) is 12.4 Å². The highest BCUT2D eigenvalue weighted by molar-refractivity contribution is 5.94. The Morgan fingerprint density at radius 3 is 2.80 bits per heavy atom. The van der Waals surface area contributed by atoms with Crippen molar-refractivity contribution in [1.29, 1.82) is 0 Å². The lowest BCUT2D eigenvalue weighted by molar-refractivity contribution is -0.147. The molecule has 2 heterocycles. The summed E-state index contributed by atoms with van der Waals surface area (Å²) >= 11 is 0. The van der Waals surface area contributed by atoms with E-state index in [2.05, 4.69) is 0 Å². The summed E-state index contributed by atoms with van der Waals surface area (Å²) in [7, 11) is 0. The van der Waals surface area contributed by atoms with E-state index in [-0.39, 0.29) is 25.5 Å². The first kappa shape index (κ1) is 17.0. The van der Waals surface area contributed by atoms with E-state index in [0.717, 1.165) is 11.3 Å². The fraction of sp³-hybridized carbons (Fsp3) is 0.333. The molecule has 1 amide bonds. The van der Waals surface area contributed by atoms with Crippen LogP contribution < -0.4 is 4.74 Å². The fourth-order valence-electron chi connectivity index (χ4n) is 2.64. The first-order valence-electron chi connectivity index (χ1n) is 7.95. The molecule has 25 heavy (non-hydrogen) atoms. The van der Waals surface area contributed by atoms with Crippen molar-refractivity contribution in [1.82, 2.24) is 4.90 Å². The smallest absolute Gasteiger partial charge is 0.328 e. The Bertz CT molecular complexity index is 754. The third-order valence-corrected chi connectivity index (χ3v) is 4.04. The number of furan rings is 1. The van der Waals surface area contributed by atoms with Gasteiger partial charge in [-0.3, -0.25) is 4.79 Å². The summed E-state index contributed by atoms with van der Waals surface area (Å²) in [4.78, 5) is 25.2. The number of hydrogen-bond donors (Lipinski definition) is 1. The molecule has 3 rings (SSSR count). The molecule has 1 aromatic heterocycles. The van der Waals surface area contributed by atoms with Gasteiger partial charge in [0, 0.05) is 12.1 Å². The van der Waals surface area contributed by atoms with Crippen molar-refractivity contribution in [2.45, 2.75) is 19.6 Å². The van der Waals surface area contributed by atoms with Gasteiger partial charge in [0.1, 0.15) is 18.1 Å². The summed E-state index contributed by atoms with van der Waals surface area (Å²) in [5.41, 5.74) is 0.743. The highest BCUT2D eigenvalue weighted by Gasteiger charge is 2.34. The van der Waals surface area contributed by atoms with Gasteiger partial charge in [-0.2, -0.15) is 0 Å². The molecule has 0 aliphatic carbocycles. The van der Waals surface area contributed by atoms with Crippen LogP contribution in [0.3, 0.4) is 0 Å². The standard InChI is InChI=1S/C18H19NO6/c1-12-13(10-24-14-5-3-2-4-6-14)9-16(25-12)17(20)19-7-8-23-11-15(19)18(21)22/h2-6,9,15H,7-8,10-11H2,1H3,(H,21,22)/t15-/m0/s1. The minimum Gasteiger partial charge on any atom is -0.489 e. The third kappa shape index (κ3) is 3.83. The SMILES string of the molecule is Cc1oc(C(=O)N2CCOC[C@H]2C(=O)O)cc1COc1ccccc1. The Labute approximate surface area is 144 Å². The number of hydrogen-bond acceptors (Lipinski definition) is 5. The summed E-state index contributed by atoms with van der Waals surface area (Å²) in [6.45, 7) is 2.50. The van der Waals surface area contributed by atoms with Gasteiger partial charge in [0.05, 0.1) is 13.2 Å². The van der Waals surface area contributed by atoms with Crippen molar-refractivity contribution in [2.24, 2.45) is 0 Å². The Morgan fingerprint density at radius 1 is 1.32 bits per heavy atom. The molecule has 1 fully saturated rings. The molecule has 1 saturated heterocycles. The van der Waals surface area contributed by atoms with Gasteiger partial charge in [-0.05, 0) is 25.1 Å². The second-order valence-corrected chi connectivity index (χ2v) is 5.72. The van der Waals surface area contributed by atoms with Crippen molar-refractivity contribution in [3.63, 3.8) is 0 Å². The van der Waals surface area contributed by atoms with Gasteiger partial charge in [0.25, 0.3) is 5.91 Å². The number of benzene rings is 1. The van der Waals surface area contributed by atoms with Gasteiger partial charge in [-0.1, -0.05) is 18.2 Å². The van der Waals surface area contributed by atoms with Crippen LogP contribution in [0.5, 0.6) is 5.75 Å². The molecule has 1 aliphatic heterocycles. The highest BCUT2D eigenvalue weighted by atomic mass is 16.5. The number of rotatable bonds is 5. The molecule has 1 atom stereocenters. The van der Waals surface area contributed by atoms with E-state index in [1.54, 1.807) is 13.0 Å². The Balaban J connectivity index is 1.72. The molecule has 1 aromatic carbocycles. The van der Waals surface area contributed by atoms with Gasteiger partial charge in [0.15, 0.2) is 11.8 Å². The van der Waals surface area contributed by atoms with Crippen molar-refractivity contribution in [3.05, 3.63) is 53.5 Å². The lowest BCUT2D eigenvalue weighted by Crippen LogP contribution is -2.52. The van der Waals surface area contributed by atoms with Gasteiger partial charge in [0.2, 0.25) is 0 Å². The van der Waals surface area contributed by atoms with E-state index in [1.165, 1.54) is 4.90 Å². The zero-order valence-electron chi connectivity index (χ0n) is 13.8. The lowest BCUT2D eigenvalue weighted by atomic mass is 10.2. The Morgan fingerprint density at radius 2 is 2.08 bits per heavy atom. The number of nitrogens with zero attached hydrogens (tertiary/aromatic N) is 1. The molecule has 0 saturated carbocycles. The van der Waals surface area contributed by atoms with Gasteiger partial charge in [-0.25, -0.2) is 4.79 Å². The van der Waals surface area contributed by atoms with Crippen LogP contribution in [-0.2, 0) is 16.1 Å². The predicted octanol–water partition coefficient (Wildman–Crippen LogP) is 2.09. The summed E-state index contributed by atoms with van der Waals surface area (Å²) in [6, 6.07) is 9.92. The van der Waals surface area contributed by atoms with Crippen molar-refractivity contribution in [2.75, 3.05) is 19.8 Å². The molecule has 132 valence electrons. The zero-order chi connectivity index (χ0) is 17.8. The maximum atomic E-state index is 12.6. The normalized spacial score (nSPS) is 17.3. The number of carboxylic acid groups (broad SMARTS) is 1. The topological polar surface area (TPSA) is 89.2 Å². The molecule has 7 heteroatoms. The van der Waals surface area contributed by atoms with Gasteiger partial charge in [-0.15, -0.1) is 0 Å². The molecule has 0 spiro atoms. The number of morpholine rings is 1. The summed E-state index contributed by atoms with van der Waals surface area (Å²) in [5.74, 6) is -0.152. The molecule has 1 aliphatic rings. The number of carbonyl (C=O) groups excluding carboxylic acids is 1. The van der Waals surface area contributed by atoms with Crippen LogP contribution in [-0.4, -0.2) is 47.7 Å². The zero-order valence-corrected chi connectivity index (χ0v) is 13.8. The maximum Gasteiger partial charge on any atom is 0.328 e. The number of amides is 1. The molecule has 2 aromatic rings. The van der Waals surface area contributed by atoms with Crippen molar-refractivity contribution < 1.29 is 28.6 Å². The van der Waals surface area contributed by atoms with E-state index in [9.17, 15) is 14.7 Å². The quantitative estimate of drug-likeness (QED) is 0.892. The first-order chi connectivity index (χ1) is 12.1. The van der Waals surface area contributed by atoms with E-state index < -0.39 is 17.9 Å². The number of para-hydroxylation sites is 1. The fourth-order valence-corrected chi connectivity index (χ4v) is 2.64. The Hall–Kier alpha value is -2.80. The number of aliphatic carboxylic acids is 1. The van der Waals surface area contributed by atoms with Crippen LogP contribution in [0, 0.1) is 6.92 Å². The third-order valence-electron chi connectivity index (χ3n) is 4.04. The minimum absolute atomic E-state index is 0.0231. The lowest BCUT2D eigenvalue weighted by Gasteiger charge is -2.32. The number of carboxylic acids is 1. The van der Waals surface area contributed by atoms with Crippen LogP contribution in [0.2, 0.25) is 0 Å². The maximum absolute atomic E-state index is 12.6. The van der Waals surface area contributed by atoms with Crippen LogP contribution in [0.25, 0.3) is 0 Å². The molecular weight excluding hydrogens is 326 g/mol. The second-order valence-electron chi connectivity index (χ2n) is 5.72. The molecule has 7 nitrogen and oxygen atoms in total. The molecule has 0 radical (unpaired) electrons. The average Bonchev–Trinajstić information content (AvgIpc) is 3.01. The summed E-state index contributed by atoms with van der Waals surface area (Å²) in [6.07, 6.45) is 0. The van der Waals surface area contributed by atoms with Crippen molar-refractivity contribution in [3.8, 4) is 5.75 Å². The minimum atomic E-state index is -1.09. The van der Waals surface area contributed by atoms with E-state index in [4.69, 9.17) is 13.9 Å².